The van der Waals surface area contributed by atoms with Crippen molar-refractivity contribution < 1.29 is 19.8 Å². The van der Waals surface area contributed by atoms with Crippen LogP contribution in [0.3, 0.4) is 0 Å². The molecule has 3 fully saturated rings. The SMILES string of the molecule is Cc1ncsc1-c1ccc([C@H](C)NC(=O)[C@]2(C(=O)CC(C)(C)c3cnc(N4CC[C@H](c5cc6nnc(-c7ccccc7O)cc6n5C5CC5)C4)nc3)CC(O)CN2)cc1. The number of para-hydroxylation sites is 1. The number of fused-ring (bicyclic) bond motifs is 1. The minimum absolute atomic E-state index is 0.000328. The zero-order chi connectivity index (χ0) is 41.1. The van der Waals surface area contributed by atoms with Crippen LogP contribution in [0, 0.1) is 6.92 Å². The van der Waals surface area contributed by atoms with Gasteiger partial charge in [0.05, 0.1) is 39.4 Å². The maximum Gasteiger partial charge on any atom is 0.248 e. The summed E-state index contributed by atoms with van der Waals surface area (Å²) in [4.78, 5) is 45.5. The second-order valence-corrected chi connectivity index (χ2v) is 18.0. The van der Waals surface area contributed by atoms with Crippen LogP contribution in [0.5, 0.6) is 5.75 Å². The molecule has 3 aliphatic rings. The molecule has 304 valence electrons. The summed E-state index contributed by atoms with van der Waals surface area (Å²) in [5.74, 6) is 0.345. The summed E-state index contributed by atoms with van der Waals surface area (Å²) in [7, 11) is 0. The minimum Gasteiger partial charge on any atom is -0.507 e. The summed E-state index contributed by atoms with van der Waals surface area (Å²) in [6.07, 6.45) is 5.99. The van der Waals surface area contributed by atoms with Crippen molar-refractivity contribution >= 4 is 40.0 Å². The molecular weight excluding hydrogens is 763 g/mol. The molecular formula is C45H49N9O4S. The molecule has 2 aliphatic heterocycles. The average Bonchev–Trinajstić information content (AvgIpc) is 3.55. The van der Waals surface area contributed by atoms with E-state index in [9.17, 15) is 19.8 Å². The molecule has 13 nitrogen and oxygen atoms in total. The standard InChI is InChI=1S/C45H49N9O4S/c1-26(28-9-11-29(12-10-28)41-27(2)48-25-59-41)50-42(58)45(19-33(55)23-49-45)40(57)20-44(3,4)31-21-46-43(47-22-31)53-16-15-30(24-53)37-18-36-38(54(37)32-13-14-32)17-35(51-52-36)34-7-5-6-8-39(34)56/h5-12,17-18,21-22,25-26,30,32-33,49,55-56H,13-16,19-20,23-24H2,1-4H3,(H,50,58)/t26-,30-,33?,45+/m0/s1. The van der Waals surface area contributed by atoms with Crippen molar-refractivity contribution in [3.8, 4) is 27.4 Å². The molecule has 0 radical (unpaired) electrons. The van der Waals surface area contributed by atoms with Crippen LogP contribution in [-0.4, -0.2) is 82.9 Å². The van der Waals surface area contributed by atoms with Gasteiger partial charge in [0.2, 0.25) is 11.9 Å². The molecule has 4 atom stereocenters. The van der Waals surface area contributed by atoms with Gasteiger partial charge in [-0.1, -0.05) is 50.2 Å². The van der Waals surface area contributed by atoms with E-state index >= 15 is 0 Å². The molecule has 6 aromatic rings. The van der Waals surface area contributed by atoms with Gasteiger partial charge in [0.1, 0.15) is 11.3 Å². The number of aromatic nitrogens is 6. The van der Waals surface area contributed by atoms with Crippen LogP contribution < -0.4 is 15.5 Å². The number of ketones is 1. The number of aryl methyl sites for hydroxylation is 1. The number of Topliss-reactive ketones (excluding diaryl/α,β-unsaturated/α-hetero) is 1. The Morgan fingerprint density at radius 2 is 1.80 bits per heavy atom. The van der Waals surface area contributed by atoms with Crippen LogP contribution in [0.2, 0.25) is 0 Å². The first-order chi connectivity index (χ1) is 28.4. The van der Waals surface area contributed by atoms with E-state index in [1.807, 2.05) is 75.7 Å². The number of benzene rings is 2. The highest BCUT2D eigenvalue weighted by atomic mass is 32.1. The molecule has 1 aliphatic carbocycles. The molecule has 1 amide bonds. The number of hydrogen-bond acceptors (Lipinski definition) is 12. The minimum atomic E-state index is -1.56. The van der Waals surface area contributed by atoms with Crippen molar-refractivity contribution in [2.45, 2.75) is 94.9 Å². The number of phenols is 1. The Balaban J connectivity index is 0.874. The van der Waals surface area contributed by atoms with Crippen molar-refractivity contribution in [1.29, 1.82) is 0 Å². The fourth-order valence-electron chi connectivity index (χ4n) is 8.79. The zero-order valence-corrected chi connectivity index (χ0v) is 34.5. The number of aliphatic hydroxyl groups excluding tert-OH is 1. The van der Waals surface area contributed by atoms with Crippen molar-refractivity contribution in [2.75, 3.05) is 24.5 Å². The predicted molar refractivity (Wildman–Crippen MR) is 227 cm³/mol. The monoisotopic (exact) mass is 811 g/mol. The van der Waals surface area contributed by atoms with Crippen LogP contribution in [-0.2, 0) is 15.0 Å². The third-order valence-corrected chi connectivity index (χ3v) is 13.4. The second kappa shape index (κ2) is 15.2. The van der Waals surface area contributed by atoms with E-state index in [0.717, 1.165) is 70.6 Å². The molecule has 2 aromatic carbocycles. The molecule has 6 heterocycles. The van der Waals surface area contributed by atoms with E-state index in [1.54, 1.807) is 35.9 Å². The normalized spacial score (nSPS) is 21.3. The lowest BCUT2D eigenvalue weighted by atomic mass is 9.76. The van der Waals surface area contributed by atoms with E-state index in [-0.39, 0.29) is 42.9 Å². The molecule has 2 saturated heterocycles. The van der Waals surface area contributed by atoms with Crippen molar-refractivity contribution in [3.05, 3.63) is 101 Å². The van der Waals surface area contributed by atoms with Gasteiger partial charge in [-0.15, -0.1) is 21.5 Å². The summed E-state index contributed by atoms with van der Waals surface area (Å²) < 4.78 is 2.43. The van der Waals surface area contributed by atoms with Gasteiger partial charge in [-0.2, -0.15) is 0 Å². The van der Waals surface area contributed by atoms with Gasteiger partial charge < -0.3 is 25.0 Å². The zero-order valence-electron chi connectivity index (χ0n) is 33.7. The van der Waals surface area contributed by atoms with Crippen LogP contribution in [0.25, 0.3) is 32.7 Å². The number of amides is 1. The molecule has 59 heavy (non-hydrogen) atoms. The maximum atomic E-state index is 14.3. The third-order valence-electron chi connectivity index (χ3n) is 12.4. The van der Waals surface area contributed by atoms with Gasteiger partial charge in [0.25, 0.3) is 0 Å². The first-order valence-corrected chi connectivity index (χ1v) is 21.3. The third kappa shape index (κ3) is 7.38. The van der Waals surface area contributed by atoms with Crippen molar-refractivity contribution in [3.63, 3.8) is 0 Å². The fourth-order valence-corrected chi connectivity index (χ4v) is 9.60. The van der Waals surface area contributed by atoms with E-state index in [4.69, 9.17) is 9.97 Å². The second-order valence-electron chi connectivity index (χ2n) is 17.1. The van der Waals surface area contributed by atoms with Crippen molar-refractivity contribution in [2.24, 2.45) is 0 Å². The van der Waals surface area contributed by atoms with Gasteiger partial charge >= 0.3 is 0 Å². The number of aromatic hydroxyl groups is 1. The quantitative estimate of drug-likeness (QED) is 0.0987. The summed E-state index contributed by atoms with van der Waals surface area (Å²) in [6.45, 7) is 9.52. The molecule has 0 bridgehead atoms. The Hall–Kier alpha value is -5.57. The number of β-amino-alcohol motifs (C(OH)–C–C–N with tert-alkyl or cyclic N) is 1. The smallest absolute Gasteiger partial charge is 0.248 e. The number of rotatable bonds is 12. The highest BCUT2D eigenvalue weighted by Gasteiger charge is 2.52. The maximum absolute atomic E-state index is 14.3. The Bertz CT molecular complexity index is 2530. The lowest BCUT2D eigenvalue weighted by molar-refractivity contribution is -0.138. The van der Waals surface area contributed by atoms with E-state index in [2.05, 4.69) is 41.3 Å². The van der Waals surface area contributed by atoms with E-state index < -0.39 is 23.0 Å². The molecule has 4 N–H and O–H groups in total. The molecule has 1 saturated carbocycles. The largest absolute Gasteiger partial charge is 0.507 e. The molecule has 1 unspecified atom stereocenters. The van der Waals surface area contributed by atoms with Crippen LogP contribution in [0.15, 0.2) is 78.6 Å². The van der Waals surface area contributed by atoms with E-state index in [1.165, 1.54) is 5.69 Å². The summed E-state index contributed by atoms with van der Waals surface area (Å²) >= 11 is 1.59. The number of carbonyl (C=O) groups is 2. The summed E-state index contributed by atoms with van der Waals surface area (Å²) in [5, 5.41) is 36.3. The van der Waals surface area contributed by atoms with Gasteiger partial charge in [0.15, 0.2) is 11.3 Å². The van der Waals surface area contributed by atoms with E-state index in [0.29, 0.717) is 23.2 Å². The number of thiazole rings is 1. The number of aliphatic hydroxyl groups is 1. The average molecular weight is 812 g/mol. The summed E-state index contributed by atoms with van der Waals surface area (Å²) in [6, 6.07) is 19.5. The first kappa shape index (κ1) is 38.9. The molecule has 9 rings (SSSR count). The summed E-state index contributed by atoms with van der Waals surface area (Å²) in [5.41, 5.74) is 7.76. The Morgan fingerprint density at radius 1 is 1.03 bits per heavy atom. The van der Waals surface area contributed by atoms with Crippen molar-refractivity contribution in [1.82, 2.24) is 40.3 Å². The number of nitrogens with one attached hydrogen (secondary N) is 2. The van der Waals surface area contributed by atoms with Crippen LogP contribution in [0.4, 0.5) is 5.95 Å². The molecule has 14 heteroatoms. The number of anilines is 1. The van der Waals surface area contributed by atoms with Crippen LogP contribution >= 0.6 is 11.3 Å². The molecule has 0 spiro atoms. The Kier molecular flexibility index (Phi) is 10.0. The van der Waals surface area contributed by atoms with Crippen LogP contribution in [0.1, 0.15) is 93.4 Å². The lowest BCUT2D eigenvalue weighted by Crippen LogP contribution is -2.60. The number of carbonyl (C=O) groups excluding carboxylic acids is 2. The lowest BCUT2D eigenvalue weighted by Gasteiger charge is -2.32. The van der Waals surface area contributed by atoms with Gasteiger partial charge in [0, 0.05) is 68.1 Å². The van der Waals surface area contributed by atoms with Gasteiger partial charge in [-0.3, -0.25) is 14.9 Å². The van der Waals surface area contributed by atoms with Gasteiger partial charge in [-0.25, -0.2) is 15.0 Å². The Labute approximate surface area is 347 Å². The fraction of sp³-hybridized carbons (Fsp3) is 0.400. The highest BCUT2D eigenvalue weighted by Crippen LogP contribution is 2.44. The Morgan fingerprint density at radius 3 is 2.47 bits per heavy atom. The first-order valence-electron chi connectivity index (χ1n) is 20.4. The number of hydrogen-bond donors (Lipinski definition) is 4. The van der Waals surface area contributed by atoms with Gasteiger partial charge in [-0.05, 0) is 79.5 Å². The predicted octanol–water partition coefficient (Wildman–Crippen LogP) is 6.56. The number of phenolic OH excluding ortho intramolecular Hbond substituents is 1. The highest BCUT2D eigenvalue weighted by molar-refractivity contribution is 7.13. The topological polar surface area (TPSA) is 171 Å². The number of nitrogens with zero attached hydrogens (tertiary/aromatic N) is 7. The molecule has 4 aromatic heterocycles.